The van der Waals surface area contributed by atoms with Crippen LogP contribution >= 0.6 is 23.2 Å². The van der Waals surface area contributed by atoms with E-state index >= 15 is 0 Å². The number of rotatable bonds is 4. The third kappa shape index (κ3) is 3.35. The summed E-state index contributed by atoms with van der Waals surface area (Å²) in [4.78, 5) is 0. The summed E-state index contributed by atoms with van der Waals surface area (Å²) in [5.74, 6) is 0.562. The standard InChI is InChI=1S/C9H11Cl2NO2/c10-8-2-1-7(3-9(8)11)14-5-6(13)4-12/h1-3,6,13H,4-5,12H2. The Labute approximate surface area is 92.4 Å². The zero-order valence-electron chi connectivity index (χ0n) is 7.41. The molecule has 0 radical (unpaired) electrons. The van der Waals surface area contributed by atoms with Gasteiger partial charge in [0.15, 0.2) is 0 Å². The van der Waals surface area contributed by atoms with Crippen molar-refractivity contribution in [1.29, 1.82) is 0 Å². The first-order valence-corrected chi connectivity index (χ1v) is 4.85. The summed E-state index contributed by atoms with van der Waals surface area (Å²) in [6.45, 7) is 0.315. The minimum absolute atomic E-state index is 0.147. The number of aliphatic hydroxyl groups excluding tert-OH is 1. The molecule has 1 rings (SSSR count). The van der Waals surface area contributed by atoms with Crippen LogP contribution in [0, 0.1) is 0 Å². The number of hydrogen-bond acceptors (Lipinski definition) is 3. The average molecular weight is 236 g/mol. The molecule has 1 aromatic rings. The predicted octanol–water partition coefficient (Wildman–Crippen LogP) is 1.69. The van der Waals surface area contributed by atoms with E-state index in [9.17, 15) is 0 Å². The maximum atomic E-state index is 9.13. The first-order valence-electron chi connectivity index (χ1n) is 4.09. The molecule has 0 spiro atoms. The van der Waals surface area contributed by atoms with Gasteiger partial charge in [-0.2, -0.15) is 0 Å². The van der Waals surface area contributed by atoms with Gasteiger partial charge in [0.05, 0.1) is 10.0 Å². The predicted molar refractivity (Wildman–Crippen MR) is 57.0 cm³/mol. The van der Waals surface area contributed by atoms with Crippen molar-refractivity contribution in [1.82, 2.24) is 0 Å². The molecule has 0 aromatic heterocycles. The molecule has 1 aromatic carbocycles. The number of nitrogens with two attached hydrogens (primary N) is 1. The van der Waals surface area contributed by atoms with E-state index < -0.39 is 6.10 Å². The summed E-state index contributed by atoms with van der Waals surface area (Å²) in [5.41, 5.74) is 5.21. The largest absolute Gasteiger partial charge is 0.491 e. The molecule has 3 nitrogen and oxygen atoms in total. The Balaban J connectivity index is 2.55. The number of ether oxygens (including phenoxy) is 1. The zero-order valence-corrected chi connectivity index (χ0v) is 8.92. The molecular formula is C9H11Cl2NO2. The molecule has 5 heteroatoms. The second kappa shape index (κ2) is 5.41. The highest BCUT2D eigenvalue weighted by Crippen LogP contribution is 2.26. The van der Waals surface area contributed by atoms with Crippen LogP contribution in [0.5, 0.6) is 5.75 Å². The van der Waals surface area contributed by atoms with E-state index in [1.54, 1.807) is 18.2 Å². The minimum Gasteiger partial charge on any atom is -0.491 e. The van der Waals surface area contributed by atoms with Crippen molar-refractivity contribution in [2.45, 2.75) is 6.10 Å². The van der Waals surface area contributed by atoms with Crippen LogP contribution in [-0.2, 0) is 0 Å². The maximum absolute atomic E-state index is 9.13. The third-order valence-corrected chi connectivity index (χ3v) is 2.34. The lowest BCUT2D eigenvalue weighted by molar-refractivity contribution is 0.114. The monoisotopic (exact) mass is 235 g/mol. The van der Waals surface area contributed by atoms with Crippen LogP contribution in [0.15, 0.2) is 18.2 Å². The van der Waals surface area contributed by atoms with Crippen LogP contribution in [0.25, 0.3) is 0 Å². The van der Waals surface area contributed by atoms with Gasteiger partial charge in [0, 0.05) is 12.6 Å². The highest BCUT2D eigenvalue weighted by molar-refractivity contribution is 6.42. The SMILES string of the molecule is NCC(O)COc1ccc(Cl)c(Cl)c1. The topological polar surface area (TPSA) is 55.5 Å². The van der Waals surface area contributed by atoms with E-state index in [1.165, 1.54) is 0 Å². The van der Waals surface area contributed by atoms with E-state index in [0.717, 1.165) is 0 Å². The molecule has 0 aliphatic rings. The van der Waals surface area contributed by atoms with Crippen molar-refractivity contribution < 1.29 is 9.84 Å². The molecule has 1 unspecified atom stereocenters. The van der Waals surface area contributed by atoms with E-state index in [-0.39, 0.29) is 13.2 Å². The van der Waals surface area contributed by atoms with Crippen LogP contribution in [0.1, 0.15) is 0 Å². The maximum Gasteiger partial charge on any atom is 0.121 e. The number of hydrogen-bond donors (Lipinski definition) is 2. The summed E-state index contributed by atoms with van der Waals surface area (Å²) >= 11 is 11.5. The summed E-state index contributed by atoms with van der Waals surface area (Å²) < 4.78 is 5.22. The highest BCUT2D eigenvalue weighted by Gasteiger charge is 2.04. The van der Waals surface area contributed by atoms with Gasteiger partial charge in [0.25, 0.3) is 0 Å². The molecule has 0 aliphatic carbocycles. The Morgan fingerprint density at radius 2 is 2.07 bits per heavy atom. The van der Waals surface area contributed by atoms with E-state index in [2.05, 4.69) is 0 Å². The van der Waals surface area contributed by atoms with Gasteiger partial charge in [-0.1, -0.05) is 23.2 Å². The second-order valence-corrected chi connectivity index (χ2v) is 3.59. The lowest BCUT2D eigenvalue weighted by Gasteiger charge is -2.10. The molecule has 0 aliphatic heterocycles. The molecule has 1 atom stereocenters. The minimum atomic E-state index is -0.663. The van der Waals surface area contributed by atoms with Gasteiger partial charge in [-0.15, -0.1) is 0 Å². The fourth-order valence-electron chi connectivity index (χ4n) is 0.827. The summed E-state index contributed by atoms with van der Waals surface area (Å²) in [5, 5.41) is 10.0. The van der Waals surface area contributed by atoms with E-state index in [1.807, 2.05) is 0 Å². The van der Waals surface area contributed by atoms with Gasteiger partial charge in [0.1, 0.15) is 18.5 Å². The fraction of sp³-hybridized carbons (Fsp3) is 0.333. The molecule has 14 heavy (non-hydrogen) atoms. The van der Waals surface area contributed by atoms with Gasteiger partial charge in [-0.25, -0.2) is 0 Å². The molecular weight excluding hydrogens is 225 g/mol. The van der Waals surface area contributed by atoms with Gasteiger partial charge in [-0.05, 0) is 12.1 Å². The third-order valence-electron chi connectivity index (χ3n) is 1.61. The van der Waals surface area contributed by atoms with E-state index in [0.29, 0.717) is 15.8 Å². The molecule has 0 saturated carbocycles. The molecule has 0 saturated heterocycles. The molecule has 0 fully saturated rings. The van der Waals surface area contributed by atoms with Crippen molar-refractivity contribution in [2.24, 2.45) is 5.73 Å². The first kappa shape index (κ1) is 11.6. The quantitative estimate of drug-likeness (QED) is 0.836. The van der Waals surface area contributed by atoms with Crippen molar-refractivity contribution in [3.05, 3.63) is 28.2 Å². The molecule has 0 bridgehead atoms. The number of halogens is 2. The first-order chi connectivity index (χ1) is 6.63. The smallest absolute Gasteiger partial charge is 0.121 e. The Bertz CT molecular complexity index is 307. The van der Waals surface area contributed by atoms with Gasteiger partial charge in [0.2, 0.25) is 0 Å². The number of aliphatic hydroxyl groups is 1. The highest BCUT2D eigenvalue weighted by atomic mass is 35.5. The molecule has 0 amide bonds. The van der Waals surface area contributed by atoms with Crippen LogP contribution < -0.4 is 10.5 Å². The number of benzene rings is 1. The summed E-state index contributed by atoms with van der Waals surface area (Å²) in [6.07, 6.45) is -0.663. The van der Waals surface area contributed by atoms with Crippen molar-refractivity contribution in [2.75, 3.05) is 13.2 Å². The lowest BCUT2D eigenvalue weighted by atomic mass is 10.3. The molecule has 0 heterocycles. The lowest BCUT2D eigenvalue weighted by Crippen LogP contribution is -2.26. The Hall–Kier alpha value is -0.480. The molecule has 78 valence electrons. The van der Waals surface area contributed by atoms with E-state index in [4.69, 9.17) is 38.8 Å². The Morgan fingerprint density at radius 3 is 2.64 bits per heavy atom. The van der Waals surface area contributed by atoms with Crippen LogP contribution in [0.3, 0.4) is 0 Å². The Morgan fingerprint density at radius 1 is 1.36 bits per heavy atom. The van der Waals surface area contributed by atoms with Crippen LogP contribution in [0.2, 0.25) is 10.0 Å². The summed E-state index contributed by atoms with van der Waals surface area (Å²) in [7, 11) is 0. The van der Waals surface area contributed by atoms with Gasteiger partial charge in [-0.3, -0.25) is 0 Å². The van der Waals surface area contributed by atoms with Crippen LogP contribution in [-0.4, -0.2) is 24.4 Å². The average Bonchev–Trinajstić information content (AvgIpc) is 2.19. The second-order valence-electron chi connectivity index (χ2n) is 2.78. The Kier molecular flexibility index (Phi) is 4.48. The van der Waals surface area contributed by atoms with Gasteiger partial charge < -0.3 is 15.6 Å². The van der Waals surface area contributed by atoms with Crippen molar-refractivity contribution >= 4 is 23.2 Å². The van der Waals surface area contributed by atoms with Crippen LogP contribution in [0.4, 0.5) is 0 Å². The van der Waals surface area contributed by atoms with Crippen molar-refractivity contribution in [3.63, 3.8) is 0 Å². The van der Waals surface area contributed by atoms with Crippen molar-refractivity contribution in [3.8, 4) is 5.75 Å². The summed E-state index contributed by atoms with van der Waals surface area (Å²) in [6, 6.07) is 4.90. The zero-order chi connectivity index (χ0) is 10.6. The molecule has 3 N–H and O–H groups in total. The normalized spacial score (nSPS) is 12.6. The van der Waals surface area contributed by atoms with Gasteiger partial charge >= 0.3 is 0 Å². The fourth-order valence-corrected chi connectivity index (χ4v) is 1.12.